The zero-order valence-electron chi connectivity index (χ0n) is 14.7. The molecule has 0 aliphatic carbocycles. The molecule has 0 saturated carbocycles. The summed E-state index contributed by atoms with van der Waals surface area (Å²) in [4.78, 5) is 14.2. The summed E-state index contributed by atoms with van der Waals surface area (Å²) in [6, 6.07) is 5.73. The van der Waals surface area contributed by atoms with Crippen LogP contribution in [0.5, 0.6) is 5.75 Å². The Bertz CT molecular complexity index is 473. The Kier molecular flexibility index (Phi) is 9.14. The molecule has 0 bridgehead atoms. The third-order valence-electron chi connectivity index (χ3n) is 3.88. The molecule has 0 atom stereocenters. The van der Waals surface area contributed by atoms with E-state index in [1.807, 2.05) is 25.1 Å². The zero-order chi connectivity index (χ0) is 17.1. The number of nitrogens with two attached hydrogens (primary N) is 1. The standard InChI is InChI=1S/C18H31N3O2/c1-4-21(5-2)13-7-12-20-18(22)11-9-15-8-10-17(23-6-3)16(19)14-15/h8,10,14H,4-7,9,11-13,19H2,1-3H3,(H,20,22). The number of carbonyl (C=O) groups excluding carboxylic acids is 1. The molecule has 0 aliphatic heterocycles. The van der Waals surface area contributed by atoms with Gasteiger partial charge in [-0.3, -0.25) is 4.79 Å². The first-order chi connectivity index (χ1) is 11.1. The lowest BCUT2D eigenvalue weighted by Gasteiger charge is -2.17. The van der Waals surface area contributed by atoms with Crippen LogP contribution in [0.3, 0.4) is 0 Å². The highest BCUT2D eigenvalue weighted by molar-refractivity contribution is 5.76. The zero-order valence-corrected chi connectivity index (χ0v) is 14.7. The molecule has 23 heavy (non-hydrogen) atoms. The molecule has 1 rings (SSSR count). The van der Waals surface area contributed by atoms with Gasteiger partial charge >= 0.3 is 0 Å². The van der Waals surface area contributed by atoms with Gasteiger partial charge in [0.2, 0.25) is 5.91 Å². The molecule has 3 N–H and O–H groups in total. The first-order valence-corrected chi connectivity index (χ1v) is 8.60. The van der Waals surface area contributed by atoms with E-state index in [9.17, 15) is 4.79 Å². The predicted octanol–water partition coefficient (Wildman–Crippen LogP) is 2.45. The summed E-state index contributed by atoms with van der Waals surface area (Å²) in [5, 5.41) is 2.98. The van der Waals surface area contributed by atoms with Gasteiger partial charge in [0.05, 0.1) is 12.3 Å². The summed E-state index contributed by atoms with van der Waals surface area (Å²) < 4.78 is 5.41. The third-order valence-corrected chi connectivity index (χ3v) is 3.88. The highest BCUT2D eigenvalue weighted by Gasteiger charge is 2.05. The molecule has 1 aromatic carbocycles. The Hall–Kier alpha value is -1.75. The SMILES string of the molecule is CCOc1ccc(CCC(=O)NCCCN(CC)CC)cc1N. The lowest BCUT2D eigenvalue weighted by atomic mass is 10.1. The van der Waals surface area contributed by atoms with Crippen LogP contribution in [-0.2, 0) is 11.2 Å². The second-order valence-electron chi connectivity index (χ2n) is 5.54. The maximum Gasteiger partial charge on any atom is 0.220 e. The smallest absolute Gasteiger partial charge is 0.220 e. The van der Waals surface area contributed by atoms with E-state index >= 15 is 0 Å². The molecule has 5 nitrogen and oxygen atoms in total. The Morgan fingerprint density at radius 2 is 2.00 bits per heavy atom. The molecule has 0 heterocycles. The van der Waals surface area contributed by atoms with Gasteiger partial charge in [0.25, 0.3) is 0 Å². The normalized spacial score (nSPS) is 10.8. The molecule has 1 amide bonds. The number of hydrogen-bond donors (Lipinski definition) is 2. The minimum atomic E-state index is 0.0944. The maximum atomic E-state index is 11.9. The summed E-state index contributed by atoms with van der Waals surface area (Å²) in [5.74, 6) is 0.800. The second kappa shape index (κ2) is 10.9. The van der Waals surface area contributed by atoms with E-state index in [2.05, 4.69) is 24.1 Å². The van der Waals surface area contributed by atoms with Gasteiger partial charge in [-0.2, -0.15) is 0 Å². The number of carbonyl (C=O) groups is 1. The number of anilines is 1. The summed E-state index contributed by atoms with van der Waals surface area (Å²) in [5.41, 5.74) is 7.62. The Morgan fingerprint density at radius 1 is 1.26 bits per heavy atom. The van der Waals surface area contributed by atoms with Crippen molar-refractivity contribution in [3.05, 3.63) is 23.8 Å². The molecular formula is C18H31N3O2. The Labute approximate surface area is 140 Å². The number of nitrogens with one attached hydrogen (secondary N) is 1. The fraction of sp³-hybridized carbons (Fsp3) is 0.611. The van der Waals surface area contributed by atoms with Crippen LogP contribution >= 0.6 is 0 Å². The quantitative estimate of drug-likeness (QED) is 0.485. The van der Waals surface area contributed by atoms with Gasteiger partial charge in [0.15, 0.2) is 0 Å². The lowest BCUT2D eigenvalue weighted by Crippen LogP contribution is -2.30. The first kappa shape index (κ1) is 19.3. The fourth-order valence-corrected chi connectivity index (χ4v) is 2.46. The van der Waals surface area contributed by atoms with Crippen LogP contribution in [0.1, 0.15) is 39.2 Å². The average Bonchev–Trinajstić information content (AvgIpc) is 2.55. The highest BCUT2D eigenvalue weighted by Crippen LogP contribution is 2.23. The van der Waals surface area contributed by atoms with Crippen LogP contribution in [-0.4, -0.2) is 43.6 Å². The highest BCUT2D eigenvalue weighted by atomic mass is 16.5. The number of hydrogen-bond acceptors (Lipinski definition) is 4. The van der Waals surface area contributed by atoms with E-state index in [0.717, 1.165) is 38.2 Å². The molecular weight excluding hydrogens is 290 g/mol. The number of aryl methyl sites for hydroxylation is 1. The molecule has 0 fully saturated rings. The fourth-order valence-electron chi connectivity index (χ4n) is 2.46. The van der Waals surface area contributed by atoms with E-state index in [0.29, 0.717) is 30.9 Å². The average molecular weight is 321 g/mol. The largest absolute Gasteiger partial charge is 0.492 e. The van der Waals surface area contributed by atoms with Crippen molar-refractivity contribution in [2.45, 2.75) is 40.0 Å². The van der Waals surface area contributed by atoms with Crippen LogP contribution < -0.4 is 15.8 Å². The van der Waals surface area contributed by atoms with Gasteiger partial charge in [-0.25, -0.2) is 0 Å². The van der Waals surface area contributed by atoms with Crippen molar-refractivity contribution in [2.75, 3.05) is 38.5 Å². The monoisotopic (exact) mass is 321 g/mol. The number of ether oxygens (including phenoxy) is 1. The summed E-state index contributed by atoms with van der Waals surface area (Å²) in [6.07, 6.45) is 2.17. The van der Waals surface area contributed by atoms with Gasteiger partial charge < -0.3 is 20.7 Å². The van der Waals surface area contributed by atoms with Gasteiger partial charge in [-0.1, -0.05) is 19.9 Å². The van der Waals surface area contributed by atoms with Crippen molar-refractivity contribution in [1.29, 1.82) is 0 Å². The van der Waals surface area contributed by atoms with E-state index in [4.69, 9.17) is 10.5 Å². The van der Waals surface area contributed by atoms with Crippen molar-refractivity contribution in [2.24, 2.45) is 0 Å². The second-order valence-corrected chi connectivity index (χ2v) is 5.54. The van der Waals surface area contributed by atoms with Crippen LogP contribution in [0.4, 0.5) is 5.69 Å². The van der Waals surface area contributed by atoms with E-state index in [-0.39, 0.29) is 5.91 Å². The van der Waals surface area contributed by atoms with E-state index in [1.165, 1.54) is 0 Å². The number of rotatable bonds is 11. The number of amides is 1. The van der Waals surface area contributed by atoms with E-state index < -0.39 is 0 Å². The Balaban J connectivity index is 2.26. The molecule has 130 valence electrons. The number of nitrogen functional groups attached to an aromatic ring is 1. The van der Waals surface area contributed by atoms with Gasteiger partial charge in [0, 0.05) is 13.0 Å². The topological polar surface area (TPSA) is 67.6 Å². The first-order valence-electron chi connectivity index (χ1n) is 8.60. The van der Waals surface area contributed by atoms with Crippen molar-refractivity contribution in [3.8, 4) is 5.75 Å². The number of benzene rings is 1. The number of nitrogens with zero attached hydrogens (tertiary/aromatic N) is 1. The van der Waals surface area contributed by atoms with Crippen LogP contribution in [0, 0.1) is 0 Å². The van der Waals surface area contributed by atoms with Crippen LogP contribution in [0.15, 0.2) is 18.2 Å². The lowest BCUT2D eigenvalue weighted by molar-refractivity contribution is -0.121. The molecule has 0 aromatic heterocycles. The summed E-state index contributed by atoms with van der Waals surface area (Å²) in [7, 11) is 0. The molecule has 0 radical (unpaired) electrons. The molecule has 5 heteroatoms. The molecule has 0 aliphatic rings. The van der Waals surface area contributed by atoms with Crippen molar-refractivity contribution in [1.82, 2.24) is 10.2 Å². The van der Waals surface area contributed by atoms with Crippen LogP contribution in [0.25, 0.3) is 0 Å². The van der Waals surface area contributed by atoms with Gasteiger partial charge in [-0.05, 0) is 57.1 Å². The van der Waals surface area contributed by atoms with Crippen molar-refractivity contribution >= 4 is 11.6 Å². The predicted molar refractivity (Wildman–Crippen MR) is 95.8 cm³/mol. The third kappa shape index (κ3) is 7.37. The summed E-state index contributed by atoms with van der Waals surface area (Å²) >= 11 is 0. The maximum absolute atomic E-state index is 11.9. The molecule has 0 saturated heterocycles. The van der Waals surface area contributed by atoms with Gasteiger partial charge in [-0.15, -0.1) is 0 Å². The minimum Gasteiger partial charge on any atom is -0.492 e. The Morgan fingerprint density at radius 3 is 2.61 bits per heavy atom. The molecule has 0 unspecified atom stereocenters. The van der Waals surface area contributed by atoms with Crippen molar-refractivity contribution in [3.63, 3.8) is 0 Å². The van der Waals surface area contributed by atoms with Crippen LogP contribution in [0.2, 0.25) is 0 Å². The minimum absolute atomic E-state index is 0.0944. The molecule has 1 aromatic rings. The van der Waals surface area contributed by atoms with E-state index in [1.54, 1.807) is 0 Å². The molecule has 0 spiro atoms. The summed E-state index contributed by atoms with van der Waals surface area (Å²) in [6.45, 7) is 10.7. The van der Waals surface area contributed by atoms with Gasteiger partial charge in [0.1, 0.15) is 5.75 Å². The van der Waals surface area contributed by atoms with Crippen molar-refractivity contribution < 1.29 is 9.53 Å².